The maximum Gasteiger partial charge on any atom is 0.231 e. The van der Waals surface area contributed by atoms with Crippen LogP contribution < -0.4 is 25.0 Å². The molecule has 1 fully saturated rings. The molecule has 0 spiro atoms. The molecule has 0 aliphatic carbocycles. The summed E-state index contributed by atoms with van der Waals surface area (Å²) in [5, 5.41) is 14.6. The van der Waals surface area contributed by atoms with Crippen LogP contribution in [0.25, 0.3) is 0 Å². The first-order chi connectivity index (χ1) is 13.2. The van der Waals surface area contributed by atoms with E-state index in [-0.39, 0.29) is 18.6 Å². The SMILES string of the molecule is CCNc1ccc(N2CCC(C(=O)Nc3ccc4c(c3)OCO4)CC2)nn1. The number of ether oxygens (including phenoxy) is 2. The number of hydrogen-bond acceptors (Lipinski definition) is 7. The van der Waals surface area contributed by atoms with Crippen LogP contribution in [0.4, 0.5) is 17.3 Å². The normalized spacial score (nSPS) is 16.3. The van der Waals surface area contributed by atoms with Gasteiger partial charge in [0.05, 0.1) is 0 Å². The van der Waals surface area contributed by atoms with E-state index < -0.39 is 0 Å². The number of fused-ring (bicyclic) bond motifs is 1. The van der Waals surface area contributed by atoms with Gasteiger partial charge < -0.3 is 25.0 Å². The van der Waals surface area contributed by atoms with Crippen molar-refractivity contribution < 1.29 is 14.3 Å². The van der Waals surface area contributed by atoms with Crippen LogP contribution in [0.15, 0.2) is 30.3 Å². The molecule has 3 heterocycles. The Balaban J connectivity index is 1.31. The lowest BCUT2D eigenvalue weighted by molar-refractivity contribution is -0.120. The van der Waals surface area contributed by atoms with Crippen molar-refractivity contribution in [2.75, 3.05) is 42.0 Å². The monoisotopic (exact) mass is 369 g/mol. The number of carbonyl (C=O) groups is 1. The summed E-state index contributed by atoms with van der Waals surface area (Å²) in [4.78, 5) is 14.8. The number of rotatable bonds is 5. The molecule has 8 heteroatoms. The van der Waals surface area contributed by atoms with E-state index >= 15 is 0 Å². The third-order valence-electron chi connectivity index (χ3n) is 4.84. The molecule has 0 unspecified atom stereocenters. The Morgan fingerprint density at radius 1 is 1.15 bits per heavy atom. The van der Waals surface area contributed by atoms with E-state index in [1.807, 2.05) is 31.2 Å². The number of carbonyl (C=O) groups excluding carboxylic acids is 1. The molecule has 1 amide bonds. The molecule has 142 valence electrons. The predicted molar refractivity (Wildman–Crippen MR) is 102 cm³/mol. The second-order valence-electron chi connectivity index (χ2n) is 6.63. The predicted octanol–water partition coefficient (Wildman–Crippen LogP) is 2.49. The van der Waals surface area contributed by atoms with Gasteiger partial charge in [0, 0.05) is 37.3 Å². The lowest BCUT2D eigenvalue weighted by atomic mass is 9.96. The summed E-state index contributed by atoms with van der Waals surface area (Å²) >= 11 is 0. The first-order valence-electron chi connectivity index (χ1n) is 9.26. The van der Waals surface area contributed by atoms with Crippen molar-refractivity contribution in [3.8, 4) is 11.5 Å². The molecule has 4 rings (SSSR count). The average molecular weight is 369 g/mol. The Kier molecular flexibility index (Phi) is 4.95. The zero-order chi connectivity index (χ0) is 18.6. The Labute approximate surface area is 157 Å². The summed E-state index contributed by atoms with van der Waals surface area (Å²) in [6, 6.07) is 9.36. The Morgan fingerprint density at radius 3 is 2.70 bits per heavy atom. The molecule has 0 saturated carbocycles. The minimum absolute atomic E-state index is 0.0133. The molecule has 0 atom stereocenters. The first kappa shape index (κ1) is 17.4. The van der Waals surface area contributed by atoms with Gasteiger partial charge in [0.1, 0.15) is 5.82 Å². The molecule has 8 nitrogen and oxygen atoms in total. The summed E-state index contributed by atoms with van der Waals surface area (Å²) in [5.41, 5.74) is 0.733. The third kappa shape index (κ3) is 3.89. The van der Waals surface area contributed by atoms with Crippen LogP contribution in [0.1, 0.15) is 19.8 Å². The van der Waals surface area contributed by atoms with Crippen molar-refractivity contribution in [1.29, 1.82) is 0 Å². The highest BCUT2D eigenvalue weighted by molar-refractivity contribution is 5.93. The number of nitrogens with one attached hydrogen (secondary N) is 2. The van der Waals surface area contributed by atoms with Crippen LogP contribution in [0.3, 0.4) is 0 Å². The molecule has 2 aromatic rings. The lowest BCUT2D eigenvalue weighted by Gasteiger charge is -2.31. The maximum absolute atomic E-state index is 12.6. The summed E-state index contributed by atoms with van der Waals surface area (Å²) < 4.78 is 10.6. The highest BCUT2D eigenvalue weighted by Crippen LogP contribution is 2.34. The number of hydrogen-bond donors (Lipinski definition) is 2. The molecule has 1 saturated heterocycles. The van der Waals surface area contributed by atoms with Crippen LogP contribution in [-0.4, -0.2) is 42.5 Å². The summed E-state index contributed by atoms with van der Waals surface area (Å²) in [6.07, 6.45) is 1.57. The molecular formula is C19H23N5O3. The minimum Gasteiger partial charge on any atom is -0.454 e. The molecular weight excluding hydrogens is 346 g/mol. The quantitative estimate of drug-likeness (QED) is 0.837. The van der Waals surface area contributed by atoms with Crippen LogP contribution >= 0.6 is 0 Å². The van der Waals surface area contributed by atoms with Crippen LogP contribution in [0.2, 0.25) is 0 Å². The zero-order valence-corrected chi connectivity index (χ0v) is 15.3. The van der Waals surface area contributed by atoms with E-state index in [1.165, 1.54) is 0 Å². The van der Waals surface area contributed by atoms with Crippen molar-refractivity contribution in [1.82, 2.24) is 10.2 Å². The van der Waals surface area contributed by atoms with Gasteiger partial charge in [0.15, 0.2) is 17.3 Å². The minimum atomic E-state index is -0.0133. The number of nitrogens with zero attached hydrogens (tertiary/aromatic N) is 3. The Bertz CT molecular complexity index is 803. The second kappa shape index (κ2) is 7.69. The van der Waals surface area contributed by atoms with Crippen molar-refractivity contribution >= 4 is 23.2 Å². The van der Waals surface area contributed by atoms with E-state index in [0.29, 0.717) is 11.5 Å². The second-order valence-corrected chi connectivity index (χ2v) is 6.63. The van der Waals surface area contributed by atoms with E-state index in [2.05, 4.69) is 25.7 Å². The highest BCUT2D eigenvalue weighted by atomic mass is 16.7. The standard InChI is InChI=1S/C19H23N5O3/c1-2-20-17-5-6-18(23-22-17)24-9-7-13(8-10-24)19(25)21-14-3-4-15-16(11-14)27-12-26-15/h3-6,11,13H,2,7-10,12H2,1H3,(H,20,22)(H,21,25). The molecule has 2 aliphatic rings. The zero-order valence-electron chi connectivity index (χ0n) is 15.3. The molecule has 2 N–H and O–H groups in total. The number of benzene rings is 1. The van der Waals surface area contributed by atoms with Crippen molar-refractivity contribution in [3.63, 3.8) is 0 Å². The summed E-state index contributed by atoms with van der Waals surface area (Å²) in [6.45, 7) is 4.64. The topological polar surface area (TPSA) is 88.6 Å². The van der Waals surface area contributed by atoms with Crippen LogP contribution in [0, 0.1) is 5.92 Å². The van der Waals surface area contributed by atoms with Gasteiger partial charge in [0.25, 0.3) is 0 Å². The third-order valence-corrected chi connectivity index (χ3v) is 4.84. The smallest absolute Gasteiger partial charge is 0.231 e. The molecule has 0 bridgehead atoms. The molecule has 1 aromatic heterocycles. The van der Waals surface area contributed by atoms with Gasteiger partial charge in [-0.1, -0.05) is 0 Å². The number of amides is 1. The summed E-state index contributed by atoms with van der Waals surface area (Å²) in [7, 11) is 0. The lowest BCUT2D eigenvalue weighted by Crippen LogP contribution is -2.38. The fraction of sp³-hybridized carbons (Fsp3) is 0.421. The average Bonchev–Trinajstić information content (AvgIpc) is 3.17. The van der Waals surface area contributed by atoms with Crippen molar-refractivity contribution in [2.45, 2.75) is 19.8 Å². The fourth-order valence-corrected chi connectivity index (χ4v) is 3.36. The van der Waals surface area contributed by atoms with E-state index in [1.54, 1.807) is 6.07 Å². The van der Waals surface area contributed by atoms with Gasteiger partial charge in [-0.15, -0.1) is 10.2 Å². The van der Waals surface area contributed by atoms with E-state index in [9.17, 15) is 4.79 Å². The number of anilines is 3. The van der Waals surface area contributed by atoms with Gasteiger partial charge in [-0.25, -0.2) is 0 Å². The van der Waals surface area contributed by atoms with Gasteiger partial charge in [0.2, 0.25) is 12.7 Å². The van der Waals surface area contributed by atoms with Crippen LogP contribution in [-0.2, 0) is 4.79 Å². The number of piperidine rings is 1. The van der Waals surface area contributed by atoms with E-state index in [4.69, 9.17) is 9.47 Å². The number of aromatic nitrogens is 2. The van der Waals surface area contributed by atoms with Crippen LogP contribution in [0.5, 0.6) is 11.5 Å². The van der Waals surface area contributed by atoms with Crippen molar-refractivity contribution in [2.24, 2.45) is 5.92 Å². The maximum atomic E-state index is 12.6. The Hall–Kier alpha value is -3.03. The first-order valence-corrected chi connectivity index (χ1v) is 9.26. The molecule has 0 radical (unpaired) electrons. The van der Waals surface area contributed by atoms with Crippen molar-refractivity contribution in [3.05, 3.63) is 30.3 Å². The molecule has 1 aromatic carbocycles. The Morgan fingerprint density at radius 2 is 1.96 bits per heavy atom. The van der Waals surface area contributed by atoms with Gasteiger partial charge >= 0.3 is 0 Å². The fourth-order valence-electron chi connectivity index (χ4n) is 3.36. The largest absolute Gasteiger partial charge is 0.454 e. The van der Waals surface area contributed by atoms with Gasteiger partial charge in [-0.05, 0) is 44.0 Å². The molecule has 2 aliphatic heterocycles. The van der Waals surface area contributed by atoms with Gasteiger partial charge in [-0.3, -0.25) is 4.79 Å². The highest BCUT2D eigenvalue weighted by Gasteiger charge is 2.26. The van der Waals surface area contributed by atoms with Gasteiger partial charge in [-0.2, -0.15) is 0 Å². The molecule has 27 heavy (non-hydrogen) atoms. The van der Waals surface area contributed by atoms with E-state index in [0.717, 1.165) is 49.8 Å². The summed E-state index contributed by atoms with van der Waals surface area (Å²) in [5.74, 6) is 3.04.